The van der Waals surface area contributed by atoms with Crippen LogP contribution in [0, 0.1) is 12.7 Å². The van der Waals surface area contributed by atoms with Gasteiger partial charge in [-0.3, -0.25) is 15.0 Å². The highest BCUT2D eigenvalue weighted by molar-refractivity contribution is 5.75. The van der Waals surface area contributed by atoms with E-state index in [1.807, 2.05) is 12.4 Å². The maximum Gasteiger partial charge on any atom is 0.130 e. The fourth-order valence-corrected chi connectivity index (χ4v) is 3.35. The minimum absolute atomic E-state index is 0.283. The second kappa shape index (κ2) is 7.21. The standard InChI is InChI=1S/C19H21FN6/c1-13-10-22-12-18(19(13)26-6-4-21-5-7-26)25-11-14-8-16-17(9-15(14)20)24-3-2-23-16/h2-3,8-10,12,21,25H,4-7,11H2,1H3. The zero-order valence-electron chi connectivity index (χ0n) is 14.7. The summed E-state index contributed by atoms with van der Waals surface area (Å²) in [7, 11) is 0. The van der Waals surface area contributed by atoms with Gasteiger partial charge in [0.05, 0.1) is 28.6 Å². The lowest BCUT2D eigenvalue weighted by Gasteiger charge is -2.32. The third kappa shape index (κ3) is 3.30. The highest BCUT2D eigenvalue weighted by atomic mass is 19.1. The molecule has 2 aromatic heterocycles. The smallest absolute Gasteiger partial charge is 0.130 e. The third-order valence-electron chi connectivity index (χ3n) is 4.64. The Labute approximate surface area is 151 Å². The number of nitrogens with zero attached hydrogens (tertiary/aromatic N) is 4. The number of halogens is 1. The Kier molecular flexibility index (Phi) is 4.62. The molecule has 0 spiro atoms. The van der Waals surface area contributed by atoms with Gasteiger partial charge in [0.15, 0.2) is 0 Å². The Morgan fingerprint density at radius 3 is 2.62 bits per heavy atom. The Hall–Kier alpha value is -2.80. The third-order valence-corrected chi connectivity index (χ3v) is 4.64. The van der Waals surface area contributed by atoms with E-state index in [0.29, 0.717) is 23.1 Å². The molecule has 0 atom stereocenters. The molecule has 6 nitrogen and oxygen atoms in total. The van der Waals surface area contributed by atoms with Crippen LogP contribution in [0.3, 0.4) is 0 Å². The van der Waals surface area contributed by atoms with E-state index in [9.17, 15) is 4.39 Å². The first kappa shape index (κ1) is 16.7. The van der Waals surface area contributed by atoms with Gasteiger partial charge in [-0.05, 0) is 18.6 Å². The monoisotopic (exact) mass is 352 g/mol. The molecule has 0 bridgehead atoms. The van der Waals surface area contributed by atoms with Crippen molar-refractivity contribution >= 4 is 22.4 Å². The summed E-state index contributed by atoms with van der Waals surface area (Å²) in [6.07, 6.45) is 6.86. The van der Waals surface area contributed by atoms with Gasteiger partial charge in [0.25, 0.3) is 0 Å². The van der Waals surface area contributed by atoms with Crippen LogP contribution in [0.1, 0.15) is 11.1 Å². The van der Waals surface area contributed by atoms with Crippen LogP contribution in [-0.2, 0) is 6.54 Å². The second-order valence-electron chi connectivity index (χ2n) is 6.43. The SMILES string of the molecule is Cc1cncc(NCc2cc3nccnc3cc2F)c1N1CCNCC1. The number of rotatable bonds is 4. The van der Waals surface area contributed by atoms with E-state index in [4.69, 9.17) is 0 Å². The molecular weight excluding hydrogens is 331 g/mol. The highest BCUT2D eigenvalue weighted by Crippen LogP contribution is 2.30. The minimum Gasteiger partial charge on any atom is -0.378 e. The topological polar surface area (TPSA) is 66.0 Å². The zero-order chi connectivity index (χ0) is 17.9. The summed E-state index contributed by atoms with van der Waals surface area (Å²) in [6, 6.07) is 3.18. The molecule has 1 saturated heterocycles. The summed E-state index contributed by atoms with van der Waals surface area (Å²) in [5.41, 5.74) is 4.99. The maximum absolute atomic E-state index is 14.4. The highest BCUT2D eigenvalue weighted by Gasteiger charge is 2.17. The molecule has 2 N–H and O–H groups in total. The number of benzene rings is 1. The van der Waals surface area contributed by atoms with Gasteiger partial charge < -0.3 is 15.5 Å². The van der Waals surface area contributed by atoms with Gasteiger partial charge in [0.1, 0.15) is 5.82 Å². The summed E-state index contributed by atoms with van der Waals surface area (Å²) in [5, 5.41) is 6.73. The lowest BCUT2D eigenvalue weighted by atomic mass is 10.1. The van der Waals surface area contributed by atoms with E-state index in [2.05, 4.69) is 37.4 Å². The van der Waals surface area contributed by atoms with Crippen LogP contribution >= 0.6 is 0 Å². The first-order valence-electron chi connectivity index (χ1n) is 8.75. The number of aromatic nitrogens is 3. The molecule has 0 amide bonds. The number of hydrogen-bond acceptors (Lipinski definition) is 6. The van der Waals surface area contributed by atoms with Gasteiger partial charge in [-0.25, -0.2) is 4.39 Å². The molecule has 1 aliphatic rings. The van der Waals surface area contributed by atoms with E-state index in [0.717, 1.165) is 43.1 Å². The number of pyridine rings is 1. The quantitative estimate of drug-likeness (QED) is 0.752. The van der Waals surface area contributed by atoms with Crippen LogP contribution < -0.4 is 15.5 Å². The van der Waals surface area contributed by atoms with E-state index in [-0.39, 0.29) is 5.82 Å². The number of fused-ring (bicyclic) bond motifs is 1. The van der Waals surface area contributed by atoms with Gasteiger partial charge in [0, 0.05) is 62.9 Å². The van der Waals surface area contributed by atoms with Crippen molar-refractivity contribution in [2.75, 3.05) is 36.4 Å². The molecule has 4 rings (SSSR count). The predicted octanol–water partition coefficient (Wildman–Crippen LogP) is 2.49. The molecular formula is C19H21FN6. The molecule has 0 aliphatic carbocycles. The van der Waals surface area contributed by atoms with Crippen molar-refractivity contribution in [3.63, 3.8) is 0 Å². The maximum atomic E-state index is 14.4. The average Bonchev–Trinajstić information content (AvgIpc) is 2.67. The molecule has 134 valence electrons. The van der Waals surface area contributed by atoms with Crippen LogP contribution in [0.25, 0.3) is 11.0 Å². The van der Waals surface area contributed by atoms with Gasteiger partial charge in [0.2, 0.25) is 0 Å². The molecule has 0 saturated carbocycles. The molecule has 7 heteroatoms. The molecule has 0 radical (unpaired) electrons. The number of nitrogens with one attached hydrogen (secondary N) is 2. The molecule has 0 unspecified atom stereocenters. The van der Waals surface area contributed by atoms with Gasteiger partial charge in [-0.1, -0.05) is 0 Å². The Morgan fingerprint density at radius 1 is 1.12 bits per heavy atom. The Balaban J connectivity index is 1.60. The normalized spacial score (nSPS) is 14.6. The van der Waals surface area contributed by atoms with Crippen LogP contribution in [0.5, 0.6) is 0 Å². The Morgan fingerprint density at radius 2 is 1.85 bits per heavy atom. The lowest BCUT2D eigenvalue weighted by molar-refractivity contribution is 0.588. The first-order chi connectivity index (χ1) is 12.7. The van der Waals surface area contributed by atoms with Crippen LogP contribution in [0.2, 0.25) is 0 Å². The molecule has 1 aliphatic heterocycles. The summed E-state index contributed by atoms with van der Waals surface area (Å²) in [4.78, 5) is 15.1. The van der Waals surface area contributed by atoms with E-state index in [1.54, 1.807) is 18.5 Å². The van der Waals surface area contributed by atoms with E-state index < -0.39 is 0 Å². The molecule has 1 aromatic carbocycles. The van der Waals surface area contributed by atoms with Crippen molar-refractivity contribution in [3.8, 4) is 0 Å². The van der Waals surface area contributed by atoms with Gasteiger partial charge >= 0.3 is 0 Å². The van der Waals surface area contributed by atoms with Gasteiger partial charge in [-0.15, -0.1) is 0 Å². The van der Waals surface area contributed by atoms with Crippen molar-refractivity contribution in [2.45, 2.75) is 13.5 Å². The molecule has 3 aromatic rings. The van der Waals surface area contributed by atoms with Crippen molar-refractivity contribution in [3.05, 3.63) is 53.9 Å². The summed E-state index contributed by atoms with van der Waals surface area (Å²) < 4.78 is 14.4. The van der Waals surface area contributed by atoms with Gasteiger partial charge in [-0.2, -0.15) is 0 Å². The molecule has 26 heavy (non-hydrogen) atoms. The van der Waals surface area contributed by atoms with Crippen molar-refractivity contribution in [1.82, 2.24) is 20.3 Å². The molecule has 1 fully saturated rings. The van der Waals surface area contributed by atoms with Crippen molar-refractivity contribution in [2.24, 2.45) is 0 Å². The fourth-order valence-electron chi connectivity index (χ4n) is 3.35. The van der Waals surface area contributed by atoms with Crippen LogP contribution in [0.4, 0.5) is 15.8 Å². The zero-order valence-corrected chi connectivity index (χ0v) is 14.7. The Bertz CT molecular complexity index is 923. The number of aryl methyl sites for hydroxylation is 1. The summed E-state index contributed by atoms with van der Waals surface area (Å²) >= 11 is 0. The fraction of sp³-hybridized carbons (Fsp3) is 0.316. The lowest BCUT2D eigenvalue weighted by Crippen LogP contribution is -2.44. The molecule has 3 heterocycles. The average molecular weight is 352 g/mol. The number of hydrogen-bond donors (Lipinski definition) is 2. The van der Waals surface area contributed by atoms with Crippen molar-refractivity contribution < 1.29 is 4.39 Å². The van der Waals surface area contributed by atoms with Crippen LogP contribution in [-0.4, -0.2) is 41.1 Å². The first-order valence-corrected chi connectivity index (χ1v) is 8.75. The van der Waals surface area contributed by atoms with E-state index in [1.165, 1.54) is 6.07 Å². The van der Waals surface area contributed by atoms with Crippen LogP contribution in [0.15, 0.2) is 36.9 Å². The minimum atomic E-state index is -0.283. The largest absolute Gasteiger partial charge is 0.378 e. The number of anilines is 2. The predicted molar refractivity (Wildman–Crippen MR) is 101 cm³/mol. The number of piperazine rings is 1. The van der Waals surface area contributed by atoms with Crippen molar-refractivity contribution in [1.29, 1.82) is 0 Å². The summed E-state index contributed by atoms with van der Waals surface area (Å²) in [6.45, 7) is 6.22. The second-order valence-corrected chi connectivity index (χ2v) is 6.43. The summed E-state index contributed by atoms with van der Waals surface area (Å²) in [5.74, 6) is -0.283. The van der Waals surface area contributed by atoms with E-state index >= 15 is 0 Å².